The third-order valence-electron chi connectivity index (χ3n) is 7.34. The topological polar surface area (TPSA) is 122 Å². The average molecular weight is 504 g/mol. The van der Waals surface area contributed by atoms with Crippen LogP contribution < -0.4 is 5.73 Å². The van der Waals surface area contributed by atoms with Gasteiger partial charge in [-0.3, -0.25) is 19.5 Å². The van der Waals surface area contributed by atoms with E-state index in [1.165, 1.54) is 18.2 Å². The second-order valence-corrected chi connectivity index (χ2v) is 10.2. The number of aromatic nitrogens is 2. The molecule has 0 spiro atoms. The van der Waals surface area contributed by atoms with E-state index in [-0.39, 0.29) is 42.1 Å². The Kier molecular flexibility index (Phi) is 5.83. The molecule has 2 aromatic rings. The fourth-order valence-corrected chi connectivity index (χ4v) is 4.60. The van der Waals surface area contributed by atoms with Gasteiger partial charge in [0.1, 0.15) is 18.0 Å². The van der Waals surface area contributed by atoms with Crippen molar-refractivity contribution in [2.24, 2.45) is 5.73 Å². The molecule has 2 aliphatic carbocycles. The lowest BCUT2D eigenvalue weighted by molar-refractivity contribution is -0.148. The number of carbonyl (C=O) groups is 3. The average Bonchev–Trinajstić information content (AvgIpc) is 3.76. The number of hydrogen-bond donors (Lipinski definition) is 2. The Labute approximate surface area is 206 Å². The number of esters is 1. The van der Waals surface area contributed by atoms with E-state index in [0.717, 1.165) is 18.5 Å². The first-order chi connectivity index (χ1) is 16.6. The Bertz CT molecular complexity index is 1210. The largest absolute Gasteiger partial charge is 0.462 e. The number of halogens is 2. The monoisotopic (exact) mass is 503 g/mol. The Balaban J connectivity index is 1.25. The van der Waals surface area contributed by atoms with Crippen molar-refractivity contribution in [1.82, 2.24) is 20.0 Å². The van der Waals surface area contributed by atoms with Crippen LogP contribution in [0.2, 0.25) is 5.02 Å². The van der Waals surface area contributed by atoms with E-state index in [1.54, 1.807) is 16.8 Å². The van der Waals surface area contributed by atoms with Crippen molar-refractivity contribution in [2.45, 2.75) is 56.1 Å². The molecule has 0 unspecified atom stereocenters. The molecule has 11 heteroatoms. The zero-order valence-corrected chi connectivity index (χ0v) is 20.2. The third-order valence-corrected chi connectivity index (χ3v) is 7.63. The zero-order valence-electron chi connectivity index (χ0n) is 19.4. The summed E-state index contributed by atoms with van der Waals surface area (Å²) in [7, 11) is 1.68. The molecule has 0 saturated heterocycles. The zero-order chi connectivity index (χ0) is 25.0. The molecule has 1 aromatic carbocycles. The first-order valence-corrected chi connectivity index (χ1v) is 12.0. The lowest BCUT2D eigenvalue weighted by atomic mass is 10.0. The van der Waals surface area contributed by atoms with Gasteiger partial charge in [0.25, 0.3) is 5.91 Å². The van der Waals surface area contributed by atoms with E-state index in [4.69, 9.17) is 22.1 Å². The molecule has 2 heterocycles. The molecule has 1 aromatic heterocycles. The maximum absolute atomic E-state index is 13.4. The fourth-order valence-electron chi connectivity index (χ4n) is 4.40. The van der Waals surface area contributed by atoms with Crippen LogP contribution in [-0.4, -0.2) is 69.1 Å². The predicted molar refractivity (Wildman–Crippen MR) is 124 cm³/mol. The minimum atomic E-state index is -0.866. The maximum Gasteiger partial charge on any atom is 0.326 e. The molecule has 35 heavy (non-hydrogen) atoms. The molecule has 0 atom stereocenters. The molecular formula is C24H27ClFN5O4. The normalized spacial score (nSPS) is 19.0. The summed E-state index contributed by atoms with van der Waals surface area (Å²) < 4.78 is 18.9. The highest BCUT2D eigenvalue weighted by Gasteiger charge is 2.53. The van der Waals surface area contributed by atoms with Crippen molar-refractivity contribution in [2.75, 3.05) is 20.2 Å². The molecule has 0 radical (unpaired) electrons. The number of nitrogens with two attached hydrogens (primary N) is 1. The minimum absolute atomic E-state index is 0.0274. The summed E-state index contributed by atoms with van der Waals surface area (Å²) in [5.41, 5.74) is 6.87. The van der Waals surface area contributed by atoms with Gasteiger partial charge in [-0.05, 0) is 43.4 Å². The summed E-state index contributed by atoms with van der Waals surface area (Å²) in [6, 6.07) is 4.22. The first-order valence-electron chi connectivity index (χ1n) is 11.6. The van der Waals surface area contributed by atoms with E-state index >= 15 is 0 Å². The van der Waals surface area contributed by atoms with Gasteiger partial charge in [-0.2, -0.15) is 5.10 Å². The Morgan fingerprint density at radius 3 is 2.69 bits per heavy atom. The summed E-state index contributed by atoms with van der Waals surface area (Å²) in [4.78, 5) is 41.7. The van der Waals surface area contributed by atoms with Crippen molar-refractivity contribution in [1.29, 1.82) is 0 Å². The summed E-state index contributed by atoms with van der Waals surface area (Å²) in [6.45, 7) is 0.823. The van der Waals surface area contributed by atoms with Crippen LogP contribution in [0.4, 0.5) is 4.39 Å². The van der Waals surface area contributed by atoms with E-state index in [9.17, 15) is 18.8 Å². The molecule has 3 aliphatic rings. The number of nitrogens with one attached hydrogen (secondary N) is 1. The van der Waals surface area contributed by atoms with Crippen LogP contribution in [0.1, 0.15) is 53.0 Å². The number of aromatic amines is 1. The Morgan fingerprint density at radius 2 is 2.03 bits per heavy atom. The molecule has 3 N–H and O–H groups in total. The standard InChI is InChI=1S/C24H27ClFN5O4/c1-30(23(5-6-23)13-35-22(34)24(27)7-8-24)21(33)20-15-12-31(9-4-18(15)28-29-20)19(32)11-14-2-3-17(26)16(25)10-14/h2-3,10H,4-9,11-13,27H2,1H3,(H,28,29). The van der Waals surface area contributed by atoms with Crippen LogP contribution in [0.25, 0.3) is 0 Å². The van der Waals surface area contributed by atoms with Gasteiger partial charge in [0.05, 0.1) is 17.0 Å². The van der Waals surface area contributed by atoms with Crippen LogP contribution in [0.5, 0.6) is 0 Å². The number of fused-ring (bicyclic) bond motifs is 1. The molecular weight excluding hydrogens is 477 g/mol. The predicted octanol–water partition coefficient (Wildman–Crippen LogP) is 1.97. The van der Waals surface area contributed by atoms with Crippen LogP contribution in [-0.2, 0) is 33.7 Å². The van der Waals surface area contributed by atoms with Gasteiger partial charge in [0.2, 0.25) is 5.91 Å². The SMILES string of the molecule is CN(C(=O)c1n[nH]c2c1CN(C(=O)Cc1ccc(F)c(Cl)c1)CC2)C1(COC(=O)C2(N)CC2)CC1. The maximum atomic E-state index is 13.4. The van der Waals surface area contributed by atoms with Gasteiger partial charge in [0, 0.05) is 37.8 Å². The Hall–Kier alpha value is -2.98. The van der Waals surface area contributed by atoms with Gasteiger partial charge in [0.15, 0.2) is 5.69 Å². The number of benzene rings is 1. The summed E-state index contributed by atoms with van der Waals surface area (Å²) in [6.07, 6.45) is 3.30. The Morgan fingerprint density at radius 1 is 1.29 bits per heavy atom. The molecule has 2 fully saturated rings. The molecule has 5 rings (SSSR count). The van der Waals surface area contributed by atoms with Crippen molar-refractivity contribution < 1.29 is 23.5 Å². The molecule has 0 bridgehead atoms. The first kappa shape index (κ1) is 23.7. The van der Waals surface area contributed by atoms with Gasteiger partial charge < -0.3 is 20.3 Å². The van der Waals surface area contributed by atoms with Crippen LogP contribution in [0.15, 0.2) is 18.2 Å². The second-order valence-electron chi connectivity index (χ2n) is 9.84. The quantitative estimate of drug-likeness (QED) is 0.557. The third kappa shape index (κ3) is 4.52. The fraction of sp³-hybridized carbons (Fsp3) is 0.500. The second kappa shape index (κ2) is 8.60. The van der Waals surface area contributed by atoms with E-state index in [2.05, 4.69) is 10.2 Å². The minimum Gasteiger partial charge on any atom is -0.462 e. The van der Waals surface area contributed by atoms with Crippen molar-refractivity contribution in [3.63, 3.8) is 0 Å². The van der Waals surface area contributed by atoms with Crippen LogP contribution in [0, 0.1) is 5.82 Å². The summed E-state index contributed by atoms with van der Waals surface area (Å²) >= 11 is 5.84. The number of carbonyl (C=O) groups excluding carboxylic acids is 3. The number of ether oxygens (including phenoxy) is 1. The van der Waals surface area contributed by atoms with E-state index in [1.807, 2.05) is 0 Å². The van der Waals surface area contributed by atoms with Crippen LogP contribution in [0.3, 0.4) is 0 Å². The van der Waals surface area contributed by atoms with Crippen molar-refractivity contribution in [3.8, 4) is 0 Å². The number of amides is 2. The van der Waals surface area contributed by atoms with Gasteiger partial charge in [-0.15, -0.1) is 0 Å². The smallest absolute Gasteiger partial charge is 0.326 e. The van der Waals surface area contributed by atoms with Gasteiger partial charge >= 0.3 is 5.97 Å². The molecule has 2 amide bonds. The number of hydrogen-bond acceptors (Lipinski definition) is 6. The van der Waals surface area contributed by atoms with E-state index < -0.39 is 22.9 Å². The highest BCUT2D eigenvalue weighted by atomic mass is 35.5. The van der Waals surface area contributed by atoms with Crippen molar-refractivity contribution in [3.05, 3.63) is 51.6 Å². The molecule has 1 aliphatic heterocycles. The summed E-state index contributed by atoms with van der Waals surface area (Å²) in [5, 5.41) is 7.17. The number of rotatable bonds is 7. The number of H-pyrrole nitrogens is 1. The highest BCUT2D eigenvalue weighted by Crippen LogP contribution is 2.43. The number of likely N-dealkylation sites (N-methyl/N-ethyl adjacent to an activating group) is 1. The highest BCUT2D eigenvalue weighted by molar-refractivity contribution is 6.30. The lowest BCUT2D eigenvalue weighted by Gasteiger charge is -2.30. The number of nitrogens with zero attached hydrogens (tertiary/aromatic N) is 3. The van der Waals surface area contributed by atoms with Crippen molar-refractivity contribution >= 4 is 29.4 Å². The lowest BCUT2D eigenvalue weighted by Crippen LogP contribution is -2.45. The van der Waals surface area contributed by atoms with Gasteiger partial charge in [-0.1, -0.05) is 17.7 Å². The molecule has 9 nitrogen and oxygen atoms in total. The molecule has 186 valence electrons. The van der Waals surface area contributed by atoms with E-state index in [0.29, 0.717) is 36.9 Å². The molecule has 2 saturated carbocycles. The van der Waals surface area contributed by atoms with Crippen LogP contribution >= 0.6 is 11.6 Å². The van der Waals surface area contributed by atoms with Gasteiger partial charge in [-0.25, -0.2) is 4.39 Å². The summed E-state index contributed by atoms with van der Waals surface area (Å²) in [5.74, 6) is -1.38.